The second kappa shape index (κ2) is 4.14. The van der Waals surface area contributed by atoms with Crippen LogP contribution in [0.5, 0.6) is 0 Å². The molecule has 1 aliphatic carbocycles. The van der Waals surface area contributed by atoms with Gasteiger partial charge in [-0.2, -0.15) is 4.98 Å². The summed E-state index contributed by atoms with van der Waals surface area (Å²) in [5.41, 5.74) is 0. The first kappa shape index (κ1) is 10.2. The summed E-state index contributed by atoms with van der Waals surface area (Å²) in [6, 6.07) is 0. The molecule has 2 aromatic rings. The number of hydrogen-bond donors (Lipinski definition) is 0. The van der Waals surface area contributed by atoms with E-state index in [2.05, 4.69) is 20.3 Å². The van der Waals surface area contributed by atoms with E-state index in [9.17, 15) is 0 Å². The zero-order valence-corrected chi connectivity index (χ0v) is 10.3. The molecular weight excluding hydrogens is 244 g/mol. The molecule has 2 aromatic heterocycles. The van der Waals surface area contributed by atoms with Gasteiger partial charge in [-0.1, -0.05) is 28.3 Å². The highest BCUT2D eigenvalue weighted by Crippen LogP contribution is 2.42. The van der Waals surface area contributed by atoms with Gasteiger partial charge < -0.3 is 4.52 Å². The fraction of sp³-hybridized carbons (Fsp3) is 0.556. The van der Waals surface area contributed by atoms with Crippen LogP contribution < -0.4 is 0 Å². The van der Waals surface area contributed by atoms with Crippen LogP contribution in [-0.2, 0) is 5.75 Å². The van der Waals surface area contributed by atoms with Crippen molar-refractivity contribution in [2.75, 3.05) is 0 Å². The Balaban J connectivity index is 1.61. The average molecular weight is 254 g/mol. The predicted molar refractivity (Wildman–Crippen MR) is 60.5 cm³/mol. The third-order valence-corrected chi connectivity index (χ3v) is 4.46. The minimum absolute atomic E-state index is 0.603. The number of nitrogens with zero attached hydrogens (tertiary/aromatic N) is 4. The molecular formula is C9H10N4OS2. The van der Waals surface area contributed by atoms with Crippen LogP contribution in [0, 0.1) is 6.92 Å². The fourth-order valence-electron chi connectivity index (χ4n) is 1.30. The van der Waals surface area contributed by atoms with Gasteiger partial charge in [-0.15, -0.1) is 10.2 Å². The lowest BCUT2D eigenvalue weighted by atomic mass is 10.5. The van der Waals surface area contributed by atoms with Gasteiger partial charge >= 0.3 is 0 Å². The SMILES string of the molecule is Cc1nc(CSc2nnc(C3CC3)s2)no1. The summed E-state index contributed by atoms with van der Waals surface area (Å²) in [5, 5.41) is 13.3. The van der Waals surface area contributed by atoms with Gasteiger partial charge in [-0.3, -0.25) is 0 Å². The molecule has 0 aliphatic heterocycles. The number of aromatic nitrogens is 4. The number of rotatable bonds is 4. The van der Waals surface area contributed by atoms with E-state index in [1.165, 1.54) is 17.8 Å². The van der Waals surface area contributed by atoms with E-state index >= 15 is 0 Å². The lowest BCUT2D eigenvalue weighted by Crippen LogP contribution is -1.83. The number of thioether (sulfide) groups is 1. The minimum Gasteiger partial charge on any atom is -0.340 e. The molecule has 0 radical (unpaired) electrons. The third-order valence-electron chi connectivity index (χ3n) is 2.24. The van der Waals surface area contributed by atoms with Gasteiger partial charge in [0.2, 0.25) is 5.89 Å². The lowest BCUT2D eigenvalue weighted by molar-refractivity contribution is 0.389. The maximum Gasteiger partial charge on any atom is 0.223 e. The fourth-order valence-corrected chi connectivity index (χ4v) is 3.18. The van der Waals surface area contributed by atoms with Gasteiger partial charge in [0.05, 0.1) is 5.75 Å². The Kier molecular flexibility index (Phi) is 2.64. The van der Waals surface area contributed by atoms with E-state index in [0.29, 0.717) is 23.4 Å². The van der Waals surface area contributed by atoms with Crippen LogP contribution in [0.25, 0.3) is 0 Å². The normalized spacial score (nSPS) is 15.6. The Labute approximate surface area is 101 Å². The summed E-state index contributed by atoms with van der Waals surface area (Å²) in [7, 11) is 0. The van der Waals surface area contributed by atoms with Crippen LogP contribution in [0.1, 0.15) is 35.5 Å². The Morgan fingerprint density at radius 1 is 1.44 bits per heavy atom. The van der Waals surface area contributed by atoms with E-state index in [4.69, 9.17) is 4.52 Å². The third kappa shape index (κ3) is 2.25. The highest BCUT2D eigenvalue weighted by Gasteiger charge is 2.27. The molecule has 0 spiro atoms. The van der Waals surface area contributed by atoms with Crippen LogP contribution in [-0.4, -0.2) is 20.3 Å². The van der Waals surface area contributed by atoms with Crippen LogP contribution in [0.15, 0.2) is 8.86 Å². The average Bonchev–Trinajstić information content (AvgIpc) is 2.87. The topological polar surface area (TPSA) is 64.7 Å². The molecule has 5 nitrogen and oxygen atoms in total. The highest BCUT2D eigenvalue weighted by molar-refractivity contribution is 8.00. The van der Waals surface area contributed by atoms with Crippen molar-refractivity contribution >= 4 is 23.1 Å². The van der Waals surface area contributed by atoms with Gasteiger partial charge in [0.15, 0.2) is 10.2 Å². The van der Waals surface area contributed by atoms with E-state index in [0.717, 1.165) is 4.34 Å². The van der Waals surface area contributed by atoms with E-state index in [1.807, 2.05) is 0 Å². The Bertz CT molecular complexity index is 491. The van der Waals surface area contributed by atoms with Crippen LogP contribution in [0.4, 0.5) is 0 Å². The van der Waals surface area contributed by atoms with Crippen LogP contribution >= 0.6 is 23.1 Å². The largest absolute Gasteiger partial charge is 0.340 e. The van der Waals surface area contributed by atoms with Crippen LogP contribution in [0.3, 0.4) is 0 Å². The van der Waals surface area contributed by atoms with E-state index in [-0.39, 0.29) is 0 Å². The first-order valence-corrected chi connectivity index (χ1v) is 6.87. The van der Waals surface area contributed by atoms with Crippen molar-refractivity contribution < 1.29 is 4.52 Å². The molecule has 84 valence electrons. The monoisotopic (exact) mass is 254 g/mol. The molecule has 0 N–H and O–H groups in total. The van der Waals surface area contributed by atoms with Crippen molar-refractivity contribution in [1.29, 1.82) is 0 Å². The van der Waals surface area contributed by atoms with Crippen molar-refractivity contribution in [3.8, 4) is 0 Å². The lowest BCUT2D eigenvalue weighted by Gasteiger charge is -1.88. The van der Waals surface area contributed by atoms with Gasteiger partial charge in [-0.05, 0) is 12.8 Å². The molecule has 0 aromatic carbocycles. The second-order valence-electron chi connectivity index (χ2n) is 3.70. The van der Waals surface area contributed by atoms with Gasteiger partial charge in [0.25, 0.3) is 0 Å². The molecule has 0 saturated heterocycles. The van der Waals surface area contributed by atoms with Crippen molar-refractivity contribution in [2.45, 2.75) is 35.8 Å². The summed E-state index contributed by atoms with van der Waals surface area (Å²) >= 11 is 3.30. The van der Waals surface area contributed by atoms with E-state index in [1.54, 1.807) is 30.0 Å². The quantitative estimate of drug-likeness (QED) is 0.781. The summed E-state index contributed by atoms with van der Waals surface area (Å²) in [6.45, 7) is 1.79. The van der Waals surface area contributed by atoms with Crippen molar-refractivity contribution in [1.82, 2.24) is 20.3 Å². The van der Waals surface area contributed by atoms with Crippen molar-refractivity contribution in [2.24, 2.45) is 0 Å². The molecule has 16 heavy (non-hydrogen) atoms. The molecule has 1 fully saturated rings. The highest BCUT2D eigenvalue weighted by atomic mass is 32.2. The Morgan fingerprint density at radius 3 is 3.00 bits per heavy atom. The maximum absolute atomic E-state index is 4.90. The smallest absolute Gasteiger partial charge is 0.223 e. The zero-order valence-electron chi connectivity index (χ0n) is 8.71. The maximum atomic E-state index is 4.90. The standard InChI is InChI=1S/C9H10N4OS2/c1-5-10-7(13-14-5)4-15-9-12-11-8(16-9)6-2-3-6/h6H,2-4H2,1H3. The molecule has 1 aliphatic rings. The molecule has 0 atom stereocenters. The molecule has 3 rings (SSSR count). The number of aryl methyl sites for hydroxylation is 1. The molecule has 0 unspecified atom stereocenters. The molecule has 1 saturated carbocycles. The second-order valence-corrected chi connectivity index (χ2v) is 5.93. The predicted octanol–water partition coefficient (Wildman–Crippen LogP) is 2.40. The van der Waals surface area contributed by atoms with Gasteiger partial charge in [0, 0.05) is 12.8 Å². The Morgan fingerprint density at radius 2 is 2.31 bits per heavy atom. The number of hydrogen-bond acceptors (Lipinski definition) is 7. The van der Waals surface area contributed by atoms with Crippen LogP contribution in [0.2, 0.25) is 0 Å². The molecule has 0 bridgehead atoms. The van der Waals surface area contributed by atoms with Crippen molar-refractivity contribution in [3.05, 3.63) is 16.7 Å². The first-order valence-electron chi connectivity index (χ1n) is 5.06. The summed E-state index contributed by atoms with van der Waals surface area (Å²) in [6.07, 6.45) is 2.53. The Hall–Kier alpha value is -0.950. The van der Waals surface area contributed by atoms with Crippen molar-refractivity contribution in [3.63, 3.8) is 0 Å². The molecule has 0 amide bonds. The summed E-state index contributed by atoms with van der Waals surface area (Å²) in [5.74, 6) is 2.69. The molecule has 7 heteroatoms. The summed E-state index contributed by atoms with van der Waals surface area (Å²) < 4.78 is 5.89. The first-order chi connectivity index (χ1) is 7.81. The summed E-state index contributed by atoms with van der Waals surface area (Å²) in [4.78, 5) is 4.14. The minimum atomic E-state index is 0.603. The van der Waals surface area contributed by atoms with Gasteiger partial charge in [0.1, 0.15) is 5.01 Å². The molecule has 2 heterocycles. The van der Waals surface area contributed by atoms with E-state index < -0.39 is 0 Å². The van der Waals surface area contributed by atoms with Gasteiger partial charge in [-0.25, -0.2) is 0 Å². The zero-order chi connectivity index (χ0) is 11.0.